The lowest BCUT2D eigenvalue weighted by Gasteiger charge is -2.47. The van der Waals surface area contributed by atoms with Gasteiger partial charge in [0.15, 0.2) is 12.2 Å². The number of nitrogens with zero attached hydrogens (tertiary/aromatic N) is 1. The van der Waals surface area contributed by atoms with Crippen molar-refractivity contribution in [2.45, 2.75) is 138 Å². The molecule has 0 radical (unpaired) electrons. The number of rotatable bonds is 19. The van der Waals surface area contributed by atoms with Crippen LogP contribution < -0.4 is 21.1 Å². The van der Waals surface area contributed by atoms with Crippen LogP contribution in [-0.2, 0) is 35.2 Å². The number of aryl methyl sites for hydroxylation is 1. The van der Waals surface area contributed by atoms with E-state index in [1.54, 1.807) is 19.1 Å². The first-order valence-electron chi connectivity index (χ1n) is 19.2. The number of carbonyl (C=O) groups excluding carboxylic acids is 1. The standard InChI is InChI=1S/C38H56F3N5O10S/c1-3-4-5-6-7-8-9-10-14-30(49)45-31-28(20-47)54-22-27(44-37(42)43-25-13-11-12-24(19-25)38(39,40)41)35(31)56-36-32(34(51)33(50)29(21-48)55-36)46-57(52,53)26-17-15-23(2)16-18-26/h11-13,15-19,27-29,31-36,46-48,50-51H,3-10,14,20-22H2,1-2H3,(H,45,49)(H3,42,43,44)/t27-,28+,29+,31-,32+,33+,34+,35+,36-/m0/s1. The van der Waals surface area contributed by atoms with Gasteiger partial charge in [0.25, 0.3) is 0 Å². The number of hydrogen-bond acceptors (Lipinski definition) is 11. The summed E-state index contributed by atoms with van der Waals surface area (Å²) in [6, 6.07) is 5.92. The van der Waals surface area contributed by atoms with Crippen molar-refractivity contribution in [1.29, 1.82) is 0 Å². The van der Waals surface area contributed by atoms with Crippen molar-refractivity contribution in [3.63, 3.8) is 0 Å². The first-order chi connectivity index (χ1) is 27.1. The summed E-state index contributed by atoms with van der Waals surface area (Å²) in [5.41, 5.74) is 5.97. The number of aliphatic hydroxyl groups is 4. The van der Waals surface area contributed by atoms with Crippen LogP contribution in [0.15, 0.2) is 58.4 Å². The Morgan fingerprint density at radius 1 is 0.947 bits per heavy atom. The maximum Gasteiger partial charge on any atom is 0.416 e. The molecule has 320 valence electrons. The monoisotopic (exact) mass is 831 g/mol. The molecule has 0 aromatic heterocycles. The normalized spacial score (nSPS) is 27.2. The number of carbonyl (C=O) groups is 1. The highest BCUT2D eigenvalue weighted by atomic mass is 32.2. The van der Waals surface area contributed by atoms with Gasteiger partial charge in [-0.2, -0.15) is 13.2 Å². The number of nitrogens with two attached hydrogens (primary N) is 1. The number of benzene rings is 2. The maximum absolute atomic E-state index is 13.6. The minimum absolute atomic E-state index is 0.0483. The average molecular weight is 832 g/mol. The lowest BCUT2D eigenvalue weighted by molar-refractivity contribution is -0.291. The highest BCUT2D eigenvalue weighted by Crippen LogP contribution is 2.32. The van der Waals surface area contributed by atoms with Crippen LogP contribution in [0.5, 0.6) is 0 Å². The first-order valence-corrected chi connectivity index (χ1v) is 20.7. The second-order valence-corrected chi connectivity index (χ2v) is 16.1. The molecule has 0 aliphatic carbocycles. The highest BCUT2D eigenvalue weighted by Gasteiger charge is 2.51. The number of alkyl halides is 3. The number of nitrogens with one attached hydrogen (secondary N) is 3. The molecule has 0 saturated carbocycles. The Labute approximate surface area is 331 Å². The molecule has 2 aliphatic rings. The minimum Gasteiger partial charge on any atom is -0.394 e. The van der Waals surface area contributed by atoms with Crippen molar-refractivity contribution in [1.82, 2.24) is 10.0 Å². The number of amides is 1. The number of ether oxygens (including phenoxy) is 3. The van der Waals surface area contributed by atoms with Gasteiger partial charge in [0.05, 0.1) is 36.3 Å². The third-order valence-corrected chi connectivity index (χ3v) is 11.4. The number of anilines is 1. The smallest absolute Gasteiger partial charge is 0.394 e. The zero-order valence-corrected chi connectivity index (χ0v) is 32.9. The molecule has 0 spiro atoms. The third kappa shape index (κ3) is 13.3. The van der Waals surface area contributed by atoms with Crippen LogP contribution in [0.3, 0.4) is 0 Å². The lowest BCUT2D eigenvalue weighted by atomic mass is 9.94. The Bertz CT molecular complexity index is 1700. The summed E-state index contributed by atoms with van der Waals surface area (Å²) in [4.78, 5) is 17.6. The summed E-state index contributed by atoms with van der Waals surface area (Å²) in [6.07, 6.45) is -5.94. The minimum atomic E-state index is -4.64. The number of aliphatic imine (C=N–C) groups is 1. The van der Waals surface area contributed by atoms with E-state index in [0.717, 1.165) is 56.2 Å². The van der Waals surface area contributed by atoms with Crippen molar-refractivity contribution in [2.24, 2.45) is 10.7 Å². The average Bonchev–Trinajstić information content (AvgIpc) is 3.16. The van der Waals surface area contributed by atoms with Gasteiger partial charge in [-0.1, -0.05) is 75.6 Å². The summed E-state index contributed by atoms with van der Waals surface area (Å²) in [6.45, 7) is 2.16. The fourth-order valence-corrected chi connectivity index (χ4v) is 7.99. The third-order valence-electron chi connectivity index (χ3n) is 9.94. The lowest BCUT2D eigenvalue weighted by Crippen LogP contribution is -2.68. The van der Waals surface area contributed by atoms with Crippen molar-refractivity contribution >= 4 is 27.6 Å². The molecule has 2 aromatic rings. The molecule has 9 atom stereocenters. The summed E-state index contributed by atoms with van der Waals surface area (Å²) < 4.78 is 87.8. The van der Waals surface area contributed by atoms with E-state index in [9.17, 15) is 46.8 Å². The molecular formula is C38H56F3N5O10S. The van der Waals surface area contributed by atoms with Gasteiger partial charge in [-0.3, -0.25) is 4.79 Å². The molecule has 57 heavy (non-hydrogen) atoms. The van der Waals surface area contributed by atoms with Crippen LogP contribution in [0.25, 0.3) is 0 Å². The number of aliphatic hydroxyl groups excluding tert-OH is 4. The number of hydrogen-bond donors (Lipinski definition) is 8. The topological polar surface area (TPSA) is 234 Å². The molecule has 1 amide bonds. The van der Waals surface area contributed by atoms with E-state index < -0.39 is 95.8 Å². The second kappa shape index (κ2) is 21.6. The number of sulfonamides is 1. The molecule has 0 unspecified atom stereocenters. The van der Waals surface area contributed by atoms with E-state index in [4.69, 9.17) is 19.9 Å². The van der Waals surface area contributed by atoms with E-state index in [0.29, 0.717) is 6.42 Å². The highest BCUT2D eigenvalue weighted by molar-refractivity contribution is 7.89. The van der Waals surface area contributed by atoms with E-state index in [1.807, 2.05) is 0 Å². The van der Waals surface area contributed by atoms with Gasteiger partial charge in [0.1, 0.15) is 42.6 Å². The van der Waals surface area contributed by atoms with E-state index in [1.165, 1.54) is 30.7 Å². The predicted molar refractivity (Wildman–Crippen MR) is 204 cm³/mol. The van der Waals surface area contributed by atoms with Gasteiger partial charge in [-0.25, -0.2) is 18.1 Å². The molecule has 2 saturated heterocycles. The van der Waals surface area contributed by atoms with Gasteiger partial charge in [-0.15, -0.1) is 0 Å². The van der Waals surface area contributed by atoms with Crippen molar-refractivity contribution in [2.75, 3.05) is 25.1 Å². The summed E-state index contributed by atoms with van der Waals surface area (Å²) >= 11 is 0. The molecule has 4 rings (SSSR count). The number of unbranched alkanes of at least 4 members (excludes halogenated alkanes) is 7. The second-order valence-electron chi connectivity index (χ2n) is 14.4. The van der Waals surface area contributed by atoms with E-state index in [2.05, 4.69) is 27.3 Å². The first kappa shape index (κ1) is 46.3. The van der Waals surface area contributed by atoms with Crippen molar-refractivity contribution in [3.05, 3.63) is 59.7 Å². The van der Waals surface area contributed by atoms with Crippen molar-refractivity contribution < 1.29 is 61.0 Å². The van der Waals surface area contributed by atoms with Gasteiger partial charge < -0.3 is 51.0 Å². The fraction of sp³-hybridized carbons (Fsp3) is 0.632. The van der Waals surface area contributed by atoms with Crippen LogP contribution in [0.4, 0.5) is 18.9 Å². The Balaban J connectivity index is 1.65. The molecule has 0 bridgehead atoms. The van der Waals surface area contributed by atoms with E-state index >= 15 is 0 Å². The Kier molecular flexibility index (Phi) is 17.5. The molecule has 2 fully saturated rings. The van der Waals surface area contributed by atoms with Gasteiger partial charge in [0.2, 0.25) is 15.9 Å². The van der Waals surface area contributed by atoms with Gasteiger partial charge in [0, 0.05) is 12.1 Å². The van der Waals surface area contributed by atoms with Crippen molar-refractivity contribution in [3.8, 4) is 0 Å². The number of halogens is 3. The molecule has 2 aliphatic heterocycles. The van der Waals surface area contributed by atoms with Crippen LogP contribution in [-0.4, -0.2) is 115 Å². The quantitative estimate of drug-likeness (QED) is 0.0580. The fourth-order valence-electron chi connectivity index (χ4n) is 6.75. The maximum atomic E-state index is 13.6. The molecule has 15 nitrogen and oxygen atoms in total. The zero-order chi connectivity index (χ0) is 41.8. The largest absolute Gasteiger partial charge is 0.416 e. The SMILES string of the molecule is CCCCCCCCCCC(=O)N[C@@H]1[C@H](O[C@@H]2O[C@H](CO)[C@@H](O)[C@H](O)[C@H]2NS(=O)(=O)c2ccc(C)cc2)[C@@H](N=C(N)Nc2cccc(C(F)(F)F)c2)CO[C@@H]1CO. The van der Waals surface area contributed by atoms with Crippen LogP contribution >= 0.6 is 0 Å². The molecule has 2 heterocycles. The van der Waals surface area contributed by atoms with Crippen LogP contribution in [0, 0.1) is 6.92 Å². The predicted octanol–water partition coefficient (Wildman–Crippen LogP) is 2.69. The molecular weight excluding hydrogens is 776 g/mol. The number of guanidine groups is 1. The molecule has 19 heteroatoms. The van der Waals surface area contributed by atoms with Crippen LogP contribution in [0.1, 0.15) is 75.8 Å². The summed E-state index contributed by atoms with van der Waals surface area (Å²) in [7, 11) is -4.40. The summed E-state index contributed by atoms with van der Waals surface area (Å²) in [5.74, 6) is -0.806. The Morgan fingerprint density at radius 2 is 1.60 bits per heavy atom. The Hall–Kier alpha value is -3.40. The van der Waals surface area contributed by atoms with Gasteiger partial charge >= 0.3 is 6.18 Å². The Morgan fingerprint density at radius 3 is 2.23 bits per heavy atom. The molecule has 9 N–H and O–H groups in total. The summed E-state index contributed by atoms with van der Waals surface area (Å²) in [5, 5.41) is 47.9. The van der Waals surface area contributed by atoms with Gasteiger partial charge in [-0.05, 0) is 43.7 Å². The van der Waals surface area contributed by atoms with E-state index in [-0.39, 0.29) is 29.6 Å². The zero-order valence-electron chi connectivity index (χ0n) is 32.1. The van der Waals surface area contributed by atoms with Crippen LogP contribution in [0.2, 0.25) is 0 Å². The molecule has 2 aromatic carbocycles.